The van der Waals surface area contributed by atoms with Gasteiger partial charge in [0.05, 0.1) is 0 Å². The predicted molar refractivity (Wildman–Crippen MR) is 70.3 cm³/mol. The van der Waals surface area contributed by atoms with Crippen molar-refractivity contribution >= 4 is 17.3 Å². The molecule has 0 atom stereocenters. The molecule has 0 aliphatic heterocycles. The summed E-state index contributed by atoms with van der Waals surface area (Å²) < 4.78 is 12.9. The summed E-state index contributed by atoms with van der Waals surface area (Å²) in [5.74, 6) is 0.970. The smallest absolute Gasteiger partial charge is 0.141 e. The van der Waals surface area contributed by atoms with Crippen molar-refractivity contribution in [3.05, 3.63) is 42.0 Å². The molecule has 2 aromatic rings. The van der Waals surface area contributed by atoms with Gasteiger partial charge in [-0.15, -0.1) is 0 Å². The van der Waals surface area contributed by atoms with E-state index in [2.05, 4.69) is 9.97 Å². The van der Waals surface area contributed by atoms with Crippen LogP contribution in [0.4, 0.5) is 21.7 Å². The lowest BCUT2D eigenvalue weighted by molar-refractivity contribution is 0.628. The van der Waals surface area contributed by atoms with Crippen LogP contribution in [0.25, 0.3) is 0 Å². The van der Waals surface area contributed by atoms with Gasteiger partial charge in [-0.1, -0.05) is 6.92 Å². The Hall–Kier alpha value is -2.17. The van der Waals surface area contributed by atoms with Gasteiger partial charge in [0.25, 0.3) is 0 Å². The van der Waals surface area contributed by atoms with Crippen LogP contribution in [0.5, 0.6) is 0 Å². The standard InChI is InChI=1S/C13H15FN4/c1-3-11-12(15)16-8-17-13(11)18(2)10-6-4-9(14)5-7-10/h4-8H,3H2,1-2H3,(H2,15,16,17). The van der Waals surface area contributed by atoms with Crippen LogP contribution in [0, 0.1) is 5.82 Å². The SMILES string of the molecule is CCc1c(N)ncnc1N(C)c1ccc(F)cc1. The first kappa shape index (κ1) is 12.3. The van der Waals surface area contributed by atoms with Gasteiger partial charge >= 0.3 is 0 Å². The third-order valence-corrected chi connectivity index (χ3v) is 2.84. The molecule has 0 radical (unpaired) electrons. The van der Waals surface area contributed by atoms with E-state index in [9.17, 15) is 4.39 Å². The molecule has 1 heterocycles. The number of halogens is 1. The third-order valence-electron chi connectivity index (χ3n) is 2.84. The van der Waals surface area contributed by atoms with E-state index in [4.69, 9.17) is 5.73 Å². The third kappa shape index (κ3) is 2.25. The maximum Gasteiger partial charge on any atom is 0.141 e. The fourth-order valence-electron chi connectivity index (χ4n) is 1.83. The Morgan fingerprint density at radius 1 is 1.22 bits per heavy atom. The molecule has 0 amide bonds. The molecule has 0 bridgehead atoms. The van der Waals surface area contributed by atoms with Crippen LogP contribution in [0.2, 0.25) is 0 Å². The van der Waals surface area contributed by atoms with E-state index in [1.807, 2.05) is 18.9 Å². The van der Waals surface area contributed by atoms with Gasteiger partial charge in [0.2, 0.25) is 0 Å². The summed E-state index contributed by atoms with van der Waals surface area (Å²) in [6.45, 7) is 2.00. The maximum atomic E-state index is 12.9. The van der Waals surface area contributed by atoms with Crippen LogP contribution >= 0.6 is 0 Å². The van der Waals surface area contributed by atoms with Crippen molar-refractivity contribution in [2.75, 3.05) is 17.7 Å². The van der Waals surface area contributed by atoms with Gasteiger partial charge in [-0.05, 0) is 30.7 Å². The van der Waals surface area contributed by atoms with Crippen LogP contribution < -0.4 is 10.6 Å². The fourth-order valence-corrected chi connectivity index (χ4v) is 1.83. The average Bonchev–Trinajstić information content (AvgIpc) is 2.38. The van der Waals surface area contributed by atoms with Crippen molar-refractivity contribution in [3.8, 4) is 0 Å². The predicted octanol–water partition coefficient (Wildman–Crippen LogP) is 2.53. The maximum absolute atomic E-state index is 12.9. The molecule has 1 aromatic heterocycles. The van der Waals surface area contributed by atoms with Crippen molar-refractivity contribution < 1.29 is 4.39 Å². The van der Waals surface area contributed by atoms with Gasteiger partial charge < -0.3 is 10.6 Å². The first-order valence-electron chi connectivity index (χ1n) is 5.72. The van der Waals surface area contributed by atoms with Gasteiger partial charge in [-0.3, -0.25) is 0 Å². The van der Waals surface area contributed by atoms with Gasteiger partial charge in [0, 0.05) is 18.3 Å². The first-order valence-corrected chi connectivity index (χ1v) is 5.72. The first-order chi connectivity index (χ1) is 8.63. The zero-order chi connectivity index (χ0) is 13.1. The minimum atomic E-state index is -0.259. The van der Waals surface area contributed by atoms with Crippen LogP contribution in [-0.2, 0) is 6.42 Å². The molecule has 0 aliphatic carbocycles. The summed E-state index contributed by atoms with van der Waals surface area (Å²) in [7, 11) is 1.87. The zero-order valence-electron chi connectivity index (χ0n) is 10.4. The van der Waals surface area contributed by atoms with Crippen LogP contribution in [0.3, 0.4) is 0 Å². The van der Waals surface area contributed by atoms with E-state index in [0.717, 1.165) is 23.5 Å². The number of hydrogen-bond acceptors (Lipinski definition) is 4. The number of nitrogens with zero attached hydrogens (tertiary/aromatic N) is 3. The van der Waals surface area contributed by atoms with E-state index in [1.165, 1.54) is 18.5 Å². The van der Waals surface area contributed by atoms with E-state index in [-0.39, 0.29) is 5.82 Å². The lowest BCUT2D eigenvalue weighted by Gasteiger charge is -2.21. The molecule has 2 rings (SSSR count). The number of aromatic nitrogens is 2. The summed E-state index contributed by atoms with van der Waals surface area (Å²) in [6, 6.07) is 6.24. The Labute approximate surface area is 105 Å². The van der Waals surface area contributed by atoms with E-state index >= 15 is 0 Å². The van der Waals surface area contributed by atoms with E-state index in [1.54, 1.807) is 12.1 Å². The fraction of sp³-hybridized carbons (Fsp3) is 0.231. The highest BCUT2D eigenvalue weighted by atomic mass is 19.1. The summed E-state index contributed by atoms with van der Waals surface area (Å²) in [4.78, 5) is 10.1. The average molecular weight is 246 g/mol. The molecule has 0 aliphatic rings. The van der Waals surface area contributed by atoms with Crippen molar-refractivity contribution in [1.29, 1.82) is 0 Å². The van der Waals surface area contributed by atoms with Crippen LogP contribution in [-0.4, -0.2) is 17.0 Å². The molecule has 0 saturated heterocycles. The topological polar surface area (TPSA) is 55.0 Å². The molecule has 0 spiro atoms. The van der Waals surface area contributed by atoms with Gasteiger partial charge in [0.15, 0.2) is 0 Å². The molecule has 4 nitrogen and oxygen atoms in total. The largest absolute Gasteiger partial charge is 0.383 e. The summed E-state index contributed by atoms with van der Waals surface area (Å²) in [6.07, 6.45) is 2.18. The van der Waals surface area contributed by atoms with Crippen molar-refractivity contribution in [2.24, 2.45) is 0 Å². The zero-order valence-corrected chi connectivity index (χ0v) is 10.4. The Morgan fingerprint density at radius 3 is 2.50 bits per heavy atom. The molecule has 18 heavy (non-hydrogen) atoms. The highest BCUT2D eigenvalue weighted by molar-refractivity contribution is 5.65. The van der Waals surface area contributed by atoms with Crippen LogP contribution in [0.1, 0.15) is 12.5 Å². The summed E-state index contributed by atoms with van der Waals surface area (Å²) in [5.41, 5.74) is 7.58. The molecule has 1 aromatic carbocycles. The minimum Gasteiger partial charge on any atom is -0.383 e. The molecule has 0 saturated carbocycles. The van der Waals surface area contributed by atoms with Crippen molar-refractivity contribution in [3.63, 3.8) is 0 Å². The Kier molecular flexibility index (Phi) is 3.41. The minimum absolute atomic E-state index is 0.259. The second kappa shape index (κ2) is 5.00. The lowest BCUT2D eigenvalue weighted by atomic mass is 10.2. The normalized spacial score (nSPS) is 10.4. The molecule has 5 heteroatoms. The molecular formula is C13H15FN4. The van der Waals surface area contributed by atoms with Crippen LogP contribution in [0.15, 0.2) is 30.6 Å². The Morgan fingerprint density at radius 2 is 1.89 bits per heavy atom. The number of nitrogens with two attached hydrogens (primary N) is 1. The van der Waals surface area contributed by atoms with Gasteiger partial charge in [-0.2, -0.15) is 0 Å². The van der Waals surface area contributed by atoms with E-state index in [0.29, 0.717) is 5.82 Å². The second-order valence-electron chi connectivity index (χ2n) is 3.95. The number of rotatable bonds is 3. The Balaban J connectivity index is 2.42. The van der Waals surface area contributed by atoms with Gasteiger partial charge in [0.1, 0.15) is 23.8 Å². The lowest BCUT2D eigenvalue weighted by Crippen LogP contribution is -2.15. The van der Waals surface area contributed by atoms with Crippen molar-refractivity contribution in [2.45, 2.75) is 13.3 Å². The molecule has 94 valence electrons. The summed E-state index contributed by atoms with van der Waals surface area (Å²) in [5, 5.41) is 0. The highest BCUT2D eigenvalue weighted by Crippen LogP contribution is 2.27. The van der Waals surface area contributed by atoms with E-state index < -0.39 is 0 Å². The van der Waals surface area contributed by atoms with Gasteiger partial charge in [-0.25, -0.2) is 14.4 Å². The monoisotopic (exact) mass is 246 g/mol. The molecule has 0 unspecified atom stereocenters. The second-order valence-corrected chi connectivity index (χ2v) is 3.95. The molecular weight excluding hydrogens is 231 g/mol. The number of hydrogen-bond donors (Lipinski definition) is 1. The number of nitrogen functional groups attached to an aromatic ring is 1. The molecule has 2 N–H and O–H groups in total. The summed E-state index contributed by atoms with van der Waals surface area (Å²) >= 11 is 0. The van der Waals surface area contributed by atoms with Crippen molar-refractivity contribution in [1.82, 2.24) is 9.97 Å². The quantitative estimate of drug-likeness (QED) is 0.904. The number of anilines is 3. The molecule has 0 fully saturated rings. The number of benzene rings is 1. The Bertz CT molecular complexity index is 539. The highest BCUT2D eigenvalue weighted by Gasteiger charge is 2.12.